The Balaban J connectivity index is 0.000000808. The molecule has 0 unspecified atom stereocenters. The summed E-state index contributed by atoms with van der Waals surface area (Å²) < 4.78 is 2.24. The van der Waals surface area contributed by atoms with Gasteiger partial charge in [-0.2, -0.15) is 12.6 Å². The molecule has 5 heteroatoms. The summed E-state index contributed by atoms with van der Waals surface area (Å²) >= 11 is 0. The van der Waals surface area contributed by atoms with Crippen LogP contribution in [0.1, 0.15) is 47.8 Å². The standard InChI is InChI=1S/C24H21N2O.C2H3O.U/c1-4-26-22-11-9-17(16(3)25)13-20(22)21-14-18(10-12-23(21)26)24(27)19-8-6-5-7-15(19)2;1-2-3;/h5-14H,4H2,1-3H3;1H3;/q2*-1;+2. The summed E-state index contributed by atoms with van der Waals surface area (Å²) in [6.45, 7) is 7.92. The predicted octanol–water partition coefficient (Wildman–Crippen LogP) is 5.85. The van der Waals surface area contributed by atoms with Crippen LogP contribution in [-0.4, -0.2) is 22.3 Å². The molecule has 4 rings (SSSR count). The molecule has 0 N–H and O–H groups in total. The van der Waals surface area contributed by atoms with E-state index in [1.807, 2.05) is 67.6 Å². The molecular formula is C26H24N2O2U. The van der Waals surface area contributed by atoms with Crippen molar-refractivity contribution < 1.29 is 40.7 Å². The third-order valence-corrected chi connectivity index (χ3v) is 5.25. The van der Waals surface area contributed by atoms with E-state index in [1.165, 1.54) is 13.2 Å². The largest absolute Gasteiger partial charge is 2.00 e. The number of hydrogen-bond donors (Lipinski definition) is 0. The van der Waals surface area contributed by atoms with Gasteiger partial charge in [-0.15, -0.1) is 0 Å². The summed E-state index contributed by atoms with van der Waals surface area (Å²) in [5.41, 5.74) is 5.69. The smallest absolute Gasteiger partial charge is 0.807 e. The molecule has 0 bridgehead atoms. The summed E-state index contributed by atoms with van der Waals surface area (Å²) in [4.78, 5) is 21.7. The molecule has 0 fully saturated rings. The number of hydrogen-bond acceptors (Lipinski definition) is 2. The molecule has 0 radical (unpaired) electrons. The minimum Gasteiger partial charge on any atom is -0.807 e. The molecule has 0 aliphatic carbocycles. The van der Waals surface area contributed by atoms with Crippen molar-refractivity contribution >= 4 is 39.6 Å². The maximum atomic E-state index is 13.0. The van der Waals surface area contributed by atoms with Gasteiger partial charge in [-0.3, -0.25) is 11.1 Å². The van der Waals surface area contributed by atoms with Crippen molar-refractivity contribution in [2.75, 3.05) is 0 Å². The van der Waals surface area contributed by atoms with Gasteiger partial charge in [0.25, 0.3) is 0 Å². The fourth-order valence-corrected chi connectivity index (χ4v) is 3.79. The molecule has 3 aromatic carbocycles. The Morgan fingerprint density at radius 1 is 0.968 bits per heavy atom. The van der Waals surface area contributed by atoms with Crippen LogP contribution in [0.15, 0.2) is 60.7 Å². The summed E-state index contributed by atoms with van der Waals surface area (Å²) in [7, 11) is 0. The Kier molecular flexibility index (Phi) is 8.56. The molecule has 1 aromatic heterocycles. The van der Waals surface area contributed by atoms with E-state index in [9.17, 15) is 10.2 Å². The van der Waals surface area contributed by atoms with E-state index in [-0.39, 0.29) is 36.9 Å². The maximum absolute atomic E-state index is 13.0. The van der Waals surface area contributed by atoms with Crippen LogP contribution < -0.4 is 0 Å². The number of nitrogens with zero attached hydrogens (tertiary/aromatic N) is 2. The van der Waals surface area contributed by atoms with Gasteiger partial charge in [-0.1, -0.05) is 37.3 Å². The number of aromatic nitrogens is 1. The molecular weight excluding hydrogens is 610 g/mol. The summed E-state index contributed by atoms with van der Waals surface area (Å²) in [6.07, 6.45) is 1.50. The van der Waals surface area contributed by atoms with Crippen LogP contribution in [-0.2, 0) is 11.3 Å². The average Bonchev–Trinajstić information content (AvgIpc) is 3.06. The van der Waals surface area contributed by atoms with E-state index in [0.29, 0.717) is 11.3 Å². The maximum Gasteiger partial charge on any atom is 2.00 e. The minimum atomic E-state index is 0. The van der Waals surface area contributed by atoms with Crippen molar-refractivity contribution in [2.45, 2.75) is 34.2 Å². The number of carbonyl (C=O) groups is 1. The van der Waals surface area contributed by atoms with Crippen molar-refractivity contribution in [2.24, 2.45) is 0 Å². The fourth-order valence-electron chi connectivity index (χ4n) is 3.79. The van der Waals surface area contributed by atoms with E-state index in [0.717, 1.165) is 45.0 Å². The third-order valence-electron chi connectivity index (χ3n) is 5.25. The Labute approximate surface area is 206 Å². The van der Waals surface area contributed by atoms with Gasteiger partial charge < -0.3 is 14.8 Å². The van der Waals surface area contributed by atoms with Gasteiger partial charge >= 0.3 is 31.1 Å². The van der Waals surface area contributed by atoms with Crippen molar-refractivity contribution in [3.8, 4) is 0 Å². The second-order valence-corrected chi connectivity index (χ2v) is 7.14. The molecule has 31 heavy (non-hydrogen) atoms. The van der Waals surface area contributed by atoms with E-state index in [4.69, 9.17) is 4.79 Å². The molecule has 154 valence electrons. The second kappa shape index (κ2) is 10.7. The summed E-state index contributed by atoms with van der Waals surface area (Å²) in [5.74, 6) is 0.0356. The van der Waals surface area contributed by atoms with Gasteiger partial charge in [-0.05, 0) is 55.3 Å². The molecule has 0 saturated heterocycles. The molecule has 0 atom stereocenters. The van der Waals surface area contributed by atoms with E-state index >= 15 is 0 Å². The third kappa shape index (κ3) is 4.89. The monoisotopic (exact) mass is 634 g/mol. The molecule has 0 aliphatic heterocycles. The topological polar surface area (TPSA) is 61.4 Å². The quantitative estimate of drug-likeness (QED) is 0.161. The van der Waals surface area contributed by atoms with Crippen LogP contribution in [0.2, 0.25) is 0 Å². The first kappa shape index (κ1) is 24.8. The van der Waals surface area contributed by atoms with Crippen LogP contribution in [0.25, 0.3) is 27.2 Å². The van der Waals surface area contributed by atoms with Crippen molar-refractivity contribution in [1.29, 1.82) is 0 Å². The summed E-state index contributed by atoms with van der Waals surface area (Å²) in [6, 6.07) is 19.6. The van der Waals surface area contributed by atoms with Crippen molar-refractivity contribution in [3.63, 3.8) is 0 Å². The van der Waals surface area contributed by atoms with Crippen LogP contribution in [0.3, 0.4) is 0 Å². The second-order valence-electron chi connectivity index (χ2n) is 7.14. The van der Waals surface area contributed by atoms with Crippen LogP contribution in [0, 0.1) is 38.0 Å². The van der Waals surface area contributed by atoms with Gasteiger partial charge in [0.05, 0.1) is 0 Å². The number of benzene rings is 3. The SMILES string of the molecule is CCn1c2ccc(C(C)=[N-])cc2c2cc(C(=O)c3ccccc3C)ccc21.C[C-]=O.[U+2]. The number of rotatable bonds is 4. The molecule has 0 amide bonds. The normalized spacial score (nSPS) is 10.2. The number of ketones is 1. The van der Waals surface area contributed by atoms with Crippen LogP contribution >= 0.6 is 0 Å². The zero-order valence-electron chi connectivity index (χ0n) is 18.2. The fraction of sp³-hybridized carbons (Fsp3) is 0.192. The first-order chi connectivity index (χ1) is 14.4. The Hall–Kier alpha value is -2.48. The van der Waals surface area contributed by atoms with E-state index in [1.54, 1.807) is 6.92 Å². The Morgan fingerprint density at radius 2 is 1.48 bits per heavy atom. The van der Waals surface area contributed by atoms with Crippen molar-refractivity contribution in [1.82, 2.24) is 4.57 Å². The van der Waals surface area contributed by atoms with Gasteiger partial charge in [0.1, 0.15) is 0 Å². The molecule has 1 heterocycles. The van der Waals surface area contributed by atoms with Gasteiger partial charge in [0.15, 0.2) is 5.78 Å². The van der Waals surface area contributed by atoms with Gasteiger partial charge in [-0.25, -0.2) is 0 Å². The van der Waals surface area contributed by atoms with E-state index < -0.39 is 0 Å². The first-order valence-electron chi connectivity index (χ1n) is 9.91. The van der Waals surface area contributed by atoms with Crippen LogP contribution in [0.4, 0.5) is 0 Å². The zero-order valence-corrected chi connectivity index (χ0v) is 22.4. The van der Waals surface area contributed by atoms with Crippen molar-refractivity contribution in [3.05, 3.63) is 88.3 Å². The number of carbonyl (C=O) groups excluding carboxylic acids is 2. The zero-order chi connectivity index (χ0) is 21.8. The van der Waals surface area contributed by atoms with E-state index in [2.05, 4.69) is 11.5 Å². The Bertz CT molecular complexity index is 1270. The summed E-state index contributed by atoms with van der Waals surface area (Å²) in [5, 5.41) is 12.0. The number of aryl methyl sites for hydroxylation is 2. The molecule has 0 saturated carbocycles. The van der Waals surface area contributed by atoms with Gasteiger partial charge in [0, 0.05) is 39.5 Å². The molecule has 0 spiro atoms. The van der Waals surface area contributed by atoms with Gasteiger partial charge in [0.2, 0.25) is 0 Å². The first-order valence-corrected chi connectivity index (χ1v) is 9.91. The average molecular weight is 635 g/mol. The predicted molar refractivity (Wildman–Crippen MR) is 124 cm³/mol. The molecule has 4 aromatic rings. The minimum absolute atomic E-state index is 0. The Morgan fingerprint density at radius 3 is 2.00 bits per heavy atom. The molecule has 4 nitrogen and oxygen atoms in total. The van der Waals surface area contributed by atoms with Crippen LogP contribution in [0.5, 0.6) is 0 Å². The molecule has 0 aliphatic rings. The number of fused-ring (bicyclic) bond motifs is 3.